The molecule has 0 spiro atoms. The summed E-state index contributed by atoms with van der Waals surface area (Å²) in [6.45, 7) is 0. The first-order valence-electron chi connectivity index (χ1n) is 6.65. The minimum absolute atomic E-state index is 0.00482. The number of carbonyl (C=O) groups is 1. The lowest BCUT2D eigenvalue weighted by atomic mass is 9.92. The van der Waals surface area contributed by atoms with Crippen LogP contribution in [0.3, 0.4) is 0 Å². The number of hydrogen-bond acceptors (Lipinski definition) is 4. The van der Waals surface area contributed by atoms with Gasteiger partial charge in [-0.05, 0) is 19.3 Å². The predicted octanol–water partition coefficient (Wildman–Crippen LogP) is 1.81. The number of hydrogen-bond donors (Lipinski definition) is 0. The Labute approximate surface area is 102 Å². The van der Waals surface area contributed by atoms with E-state index in [1.165, 1.54) is 6.42 Å². The molecule has 4 nitrogen and oxygen atoms in total. The minimum Gasteiger partial charge on any atom is -0.358 e. The number of Topliss-reactive ketones (excluding diaryl/α,β-unsaturated/α-hetero) is 1. The number of ether oxygens (including phenoxy) is 3. The van der Waals surface area contributed by atoms with Gasteiger partial charge in [0.05, 0.1) is 6.10 Å². The number of carbonyl (C=O) groups excluding carboxylic acids is 1. The summed E-state index contributed by atoms with van der Waals surface area (Å²) in [4.78, 5) is 11.4. The molecule has 3 rings (SSSR count). The van der Waals surface area contributed by atoms with Crippen LogP contribution in [0.2, 0.25) is 0 Å². The molecule has 0 bridgehead atoms. The van der Waals surface area contributed by atoms with E-state index in [0.29, 0.717) is 6.42 Å². The molecule has 3 atom stereocenters. The van der Waals surface area contributed by atoms with Crippen molar-refractivity contribution < 1.29 is 19.0 Å². The van der Waals surface area contributed by atoms with Gasteiger partial charge in [0.15, 0.2) is 11.6 Å². The predicted molar refractivity (Wildman–Crippen MR) is 60.6 cm³/mol. The van der Waals surface area contributed by atoms with Crippen molar-refractivity contribution in [3.63, 3.8) is 0 Å². The molecule has 1 heterocycles. The molecule has 0 N–H and O–H groups in total. The Hall–Kier alpha value is -0.450. The Morgan fingerprint density at radius 2 is 2.06 bits per heavy atom. The first-order chi connectivity index (χ1) is 8.24. The molecule has 0 amide bonds. The van der Waals surface area contributed by atoms with Crippen LogP contribution in [0.4, 0.5) is 0 Å². The van der Waals surface area contributed by atoms with Gasteiger partial charge in [-0.15, -0.1) is 0 Å². The Bertz CT molecular complexity index is 309. The molecule has 0 aromatic rings. The lowest BCUT2D eigenvalue weighted by Crippen LogP contribution is -2.44. The highest BCUT2D eigenvalue weighted by Crippen LogP contribution is 2.41. The average molecular weight is 240 g/mol. The fourth-order valence-corrected chi connectivity index (χ4v) is 3.12. The summed E-state index contributed by atoms with van der Waals surface area (Å²) in [6.07, 6.45) is 6.77. The number of rotatable bonds is 3. The van der Waals surface area contributed by atoms with Crippen molar-refractivity contribution in [2.24, 2.45) is 0 Å². The van der Waals surface area contributed by atoms with Crippen LogP contribution in [0, 0.1) is 0 Å². The number of epoxide rings is 1. The van der Waals surface area contributed by atoms with Gasteiger partial charge in [0, 0.05) is 26.4 Å². The van der Waals surface area contributed by atoms with Crippen molar-refractivity contribution in [1.82, 2.24) is 0 Å². The van der Waals surface area contributed by atoms with E-state index in [4.69, 9.17) is 14.2 Å². The Morgan fingerprint density at radius 1 is 1.29 bits per heavy atom. The summed E-state index contributed by atoms with van der Waals surface area (Å²) in [6, 6.07) is 0. The average Bonchev–Trinajstić information content (AvgIpc) is 3.15. The van der Waals surface area contributed by atoms with Gasteiger partial charge in [0.2, 0.25) is 0 Å². The standard InChI is InChI=1S/C13H20O4/c1-15-13(7-3-2-4-8-13)17-10-6-5-9(14)11-12(10)16-11/h10-12H,2-8H2,1H3/t10-,11-,12+/m0/s1. The second kappa shape index (κ2) is 4.34. The van der Waals surface area contributed by atoms with Crippen molar-refractivity contribution in [3.8, 4) is 0 Å². The van der Waals surface area contributed by atoms with Crippen LogP contribution < -0.4 is 0 Å². The zero-order chi connectivity index (χ0) is 11.9. The van der Waals surface area contributed by atoms with E-state index in [1.807, 2.05) is 0 Å². The normalized spacial score (nSPS) is 39.8. The summed E-state index contributed by atoms with van der Waals surface area (Å²) < 4.78 is 17.2. The van der Waals surface area contributed by atoms with Crippen molar-refractivity contribution in [2.75, 3.05) is 7.11 Å². The van der Waals surface area contributed by atoms with E-state index in [0.717, 1.165) is 32.1 Å². The summed E-state index contributed by atoms with van der Waals surface area (Å²) >= 11 is 0. The van der Waals surface area contributed by atoms with Gasteiger partial charge in [-0.3, -0.25) is 4.79 Å². The van der Waals surface area contributed by atoms with Crippen LogP contribution in [0.1, 0.15) is 44.9 Å². The molecule has 17 heavy (non-hydrogen) atoms. The highest BCUT2D eigenvalue weighted by Gasteiger charge is 2.55. The molecule has 0 aromatic heterocycles. The number of fused-ring (bicyclic) bond motifs is 1. The van der Waals surface area contributed by atoms with Crippen LogP contribution in [0.5, 0.6) is 0 Å². The van der Waals surface area contributed by atoms with Crippen molar-refractivity contribution in [2.45, 2.75) is 69.0 Å². The molecule has 96 valence electrons. The maximum absolute atomic E-state index is 11.4. The second-order valence-corrected chi connectivity index (χ2v) is 5.36. The molecule has 1 saturated heterocycles. The van der Waals surface area contributed by atoms with Crippen LogP contribution in [-0.2, 0) is 19.0 Å². The topological polar surface area (TPSA) is 48.1 Å². The summed E-state index contributed by atoms with van der Waals surface area (Å²) in [5.41, 5.74) is 0. The third-order valence-corrected chi connectivity index (χ3v) is 4.24. The fourth-order valence-electron chi connectivity index (χ4n) is 3.12. The summed E-state index contributed by atoms with van der Waals surface area (Å²) in [7, 11) is 1.73. The maximum Gasteiger partial charge on any atom is 0.168 e. The maximum atomic E-state index is 11.4. The largest absolute Gasteiger partial charge is 0.358 e. The van der Waals surface area contributed by atoms with Crippen LogP contribution in [0.25, 0.3) is 0 Å². The van der Waals surface area contributed by atoms with Gasteiger partial charge in [-0.25, -0.2) is 0 Å². The summed E-state index contributed by atoms with van der Waals surface area (Å²) in [5, 5.41) is 0. The molecule has 3 fully saturated rings. The fraction of sp³-hybridized carbons (Fsp3) is 0.923. The first kappa shape index (κ1) is 11.6. The van der Waals surface area contributed by atoms with E-state index >= 15 is 0 Å². The SMILES string of the molecule is COC1(O[C@H]2CCC(=O)[C@@H]3O[C@H]23)CCCCC1. The number of methoxy groups -OCH3 is 1. The van der Waals surface area contributed by atoms with Gasteiger partial charge in [0.25, 0.3) is 0 Å². The van der Waals surface area contributed by atoms with E-state index in [-0.39, 0.29) is 24.1 Å². The highest BCUT2D eigenvalue weighted by atomic mass is 16.7. The second-order valence-electron chi connectivity index (χ2n) is 5.36. The van der Waals surface area contributed by atoms with Crippen LogP contribution in [-0.4, -0.2) is 37.0 Å². The zero-order valence-electron chi connectivity index (χ0n) is 10.3. The minimum atomic E-state index is -0.417. The third-order valence-electron chi connectivity index (χ3n) is 4.24. The number of ketones is 1. The van der Waals surface area contributed by atoms with E-state index < -0.39 is 5.79 Å². The van der Waals surface area contributed by atoms with Gasteiger partial charge in [-0.1, -0.05) is 6.42 Å². The molecular formula is C13H20O4. The Morgan fingerprint density at radius 3 is 2.76 bits per heavy atom. The van der Waals surface area contributed by atoms with Gasteiger partial charge in [0.1, 0.15) is 12.2 Å². The lowest BCUT2D eigenvalue weighted by molar-refractivity contribution is -0.264. The zero-order valence-corrected chi connectivity index (χ0v) is 10.3. The monoisotopic (exact) mass is 240 g/mol. The smallest absolute Gasteiger partial charge is 0.168 e. The van der Waals surface area contributed by atoms with E-state index in [9.17, 15) is 4.79 Å². The van der Waals surface area contributed by atoms with Gasteiger partial charge >= 0.3 is 0 Å². The molecule has 1 aliphatic heterocycles. The molecule has 4 heteroatoms. The molecule has 2 aliphatic carbocycles. The Balaban J connectivity index is 1.63. The van der Waals surface area contributed by atoms with Crippen molar-refractivity contribution in [3.05, 3.63) is 0 Å². The third kappa shape index (κ3) is 2.14. The van der Waals surface area contributed by atoms with Crippen LogP contribution in [0.15, 0.2) is 0 Å². The molecular weight excluding hydrogens is 220 g/mol. The van der Waals surface area contributed by atoms with E-state index in [2.05, 4.69) is 0 Å². The lowest BCUT2D eigenvalue weighted by Gasteiger charge is -2.39. The molecule has 0 radical (unpaired) electrons. The first-order valence-corrected chi connectivity index (χ1v) is 6.65. The quantitative estimate of drug-likeness (QED) is 0.557. The molecule has 3 aliphatic rings. The molecule has 0 aromatic carbocycles. The Kier molecular flexibility index (Phi) is 2.97. The van der Waals surface area contributed by atoms with Gasteiger partial charge < -0.3 is 14.2 Å². The van der Waals surface area contributed by atoms with Crippen LogP contribution >= 0.6 is 0 Å². The van der Waals surface area contributed by atoms with Crippen molar-refractivity contribution in [1.29, 1.82) is 0 Å². The molecule has 0 unspecified atom stereocenters. The summed E-state index contributed by atoms with van der Waals surface area (Å²) in [5.74, 6) is -0.176. The highest BCUT2D eigenvalue weighted by molar-refractivity contribution is 5.87. The molecule has 2 saturated carbocycles. The van der Waals surface area contributed by atoms with Gasteiger partial charge in [-0.2, -0.15) is 0 Å². The van der Waals surface area contributed by atoms with E-state index in [1.54, 1.807) is 7.11 Å². The van der Waals surface area contributed by atoms with Crippen molar-refractivity contribution >= 4 is 5.78 Å².